The van der Waals surface area contributed by atoms with E-state index in [9.17, 15) is 17.2 Å². The molecule has 136 valence electrons. The van der Waals surface area contributed by atoms with Crippen molar-refractivity contribution in [1.29, 1.82) is 0 Å². The SMILES string of the molecule is CS(=O)(=O)c1c[nH]c(C(Cc2ccc(F)cc2)c2ccc(F)c(Cl)c2)n1. The van der Waals surface area contributed by atoms with E-state index in [0.717, 1.165) is 11.8 Å². The third-order valence-corrected chi connectivity index (χ3v) is 5.24. The monoisotopic (exact) mass is 396 g/mol. The molecule has 26 heavy (non-hydrogen) atoms. The summed E-state index contributed by atoms with van der Waals surface area (Å²) in [4.78, 5) is 7.05. The molecule has 0 fully saturated rings. The highest BCUT2D eigenvalue weighted by atomic mass is 35.5. The summed E-state index contributed by atoms with van der Waals surface area (Å²) in [6.07, 6.45) is 2.78. The third kappa shape index (κ3) is 4.11. The molecule has 0 radical (unpaired) electrons. The lowest BCUT2D eigenvalue weighted by Gasteiger charge is -2.16. The molecule has 4 nitrogen and oxygen atoms in total. The summed E-state index contributed by atoms with van der Waals surface area (Å²) in [5.74, 6) is -0.911. The summed E-state index contributed by atoms with van der Waals surface area (Å²) in [5.41, 5.74) is 1.48. The van der Waals surface area contributed by atoms with E-state index in [4.69, 9.17) is 11.6 Å². The average molecular weight is 397 g/mol. The highest BCUT2D eigenvalue weighted by Crippen LogP contribution is 2.30. The van der Waals surface area contributed by atoms with Crippen molar-refractivity contribution in [3.05, 3.63) is 82.3 Å². The van der Waals surface area contributed by atoms with Crippen LogP contribution in [-0.4, -0.2) is 24.6 Å². The van der Waals surface area contributed by atoms with Crippen LogP contribution in [0.4, 0.5) is 8.78 Å². The predicted molar refractivity (Wildman–Crippen MR) is 95.1 cm³/mol. The zero-order valence-corrected chi connectivity index (χ0v) is 15.3. The lowest BCUT2D eigenvalue weighted by atomic mass is 9.91. The van der Waals surface area contributed by atoms with Gasteiger partial charge in [0.2, 0.25) is 0 Å². The minimum Gasteiger partial charge on any atom is -0.347 e. The van der Waals surface area contributed by atoms with Gasteiger partial charge >= 0.3 is 0 Å². The Morgan fingerprint density at radius 3 is 2.42 bits per heavy atom. The molecule has 8 heteroatoms. The first-order valence-corrected chi connectivity index (χ1v) is 9.96. The maximum Gasteiger partial charge on any atom is 0.194 e. The Labute approximate surface area is 154 Å². The van der Waals surface area contributed by atoms with Crippen molar-refractivity contribution >= 4 is 21.4 Å². The number of benzene rings is 2. The summed E-state index contributed by atoms with van der Waals surface area (Å²) in [5, 5.41) is -0.119. The van der Waals surface area contributed by atoms with E-state index in [0.29, 0.717) is 17.8 Å². The Kier molecular flexibility index (Phi) is 5.11. The molecule has 0 saturated heterocycles. The summed E-state index contributed by atoms with van der Waals surface area (Å²) in [6, 6.07) is 10.2. The summed E-state index contributed by atoms with van der Waals surface area (Å²) in [6.45, 7) is 0. The van der Waals surface area contributed by atoms with Gasteiger partial charge in [-0.25, -0.2) is 22.2 Å². The Hall–Kier alpha value is -2.25. The molecule has 1 N–H and O–H groups in total. The van der Waals surface area contributed by atoms with Gasteiger partial charge in [0.1, 0.15) is 17.5 Å². The van der Waals surface area contributed by atoms with Gasteiger partial charge in [-0.3, -0.25) is 0 Å². The van der Waals surface area contributed by atoms with Crippen LogP contribution in [0, 0.1) is 11.6 Å². The number of H-pyrrole nitrogens is 1. The van der Waals surface area contributed by atoms with Crippen LogP contribution in [0.5, 0.6) is 0 Å². The van der Waals surface area contributed by atoms with Crippen molar-refractivity contribution in [2.45, 2.75) is 17.4 Å². The Bertz CT molecular complexity index is 1030. The minimum absolute atomic E-state index is 0.0403. The maximum atomic E-state index is 13.5. The van der Waals surface area contributed by atoms with Crippen molar-refractivity contribution in [3.63, 3.8) is 0 Å². The standard InChI is InChI=1S/C18H15ClF2N2O2S/c1-26(24,25)17-10-22-18(23-17)14(8-11-2-5-13(20)6-3-11)12-4-7-16(21)15(19)9-12/h2-7,9-10,14H,8H2,1H3,(H,22,23). The third-order valence-electron chi connectivity index (χ3n) is 3.98. The Morgan fingerprint density at radius 2 is 1.85 bits per heavy atom. The molecule has 0 aliphatic rings. The molecule has 3 rings (SSSR count). The first kappa shape index (κ1) is 18.5. The Balaban J connectivity index is 2.04. The lowest BCUT2D eigenvalue weighted by Crippen LogP contribution is -2.08. The van der Waals surface area contributed by atoms with Crippen molar-refractivity contribution in [3.8, 4) is 0 Å². The summed E-state index contributed by atoms with van der Waals surface area (Å²) < 4.78 is 50.1. The lowest BCUT2D eigenvalue weighted by molar-refractivity contribution is 0.598. The molecule has 0 aliphatic carbocycles. The minimum atomic E-state index is -3.47. The number of aromatic amines is 1. The van der Waals surface area contributed by atoms with Crippen molar-refractivity contribution < 1.29 is 17.2 Å². The van der Waals surface area contributed by atoms with Crippen LogP contribution in [0.3, 0.4) is 0 Å². The molecule has 1 aromatic heterocycles. The molecule has 0 bridgehead atoms. The molecule has 0 aliphatic heterocycles. The number of imidazole rings is 1. The van der Waals surface area contributed by atoms with Gasteiger partial charge < -0.3 is 4.98 Å². The van der Waals surface area contributed by atoms with E-state index in [2.05, 4.69) is 9.97 Å². The normalized spacial score (nSPS) is 12.9. The van der Waals surface area contributed by atoms with Gasteiger partial charge in [0.25, 0.3) is 0 Å². The predicted octanol–water partition coefficient (Wildman–Crippen LogP) is 4.12. The topological polar surface area (TPSA) is 62.8 Å². The second-order valence-electron chi connectivity index (χ2n) is 5.95. The molecule has 3 aromatic rings. The van der Waals surface area contributed by atoms with Crippen LogP contribution in [0.15, 0.2) is 53.7 Å². The quantitative estimate of drug-likeness (QED) is 0.705. The van der Waals surface area contributed by atoms with Crippen molar-refractivity contribution in [2.24, 2.45) is 0 Å². The Morgan fingerprint density at radius 1 is 1.15 bits per heavy atom. The number of rotatable bonds is 5. The van der Waals surface area contributed by atoms with E-state index in [1.54, 1.807) is 18.2 Å². The van der Waals surface area contributed by atoms with Gasteiger partial charge in [-0.2, -0.15) is 0 Å². The van der Waals surface area contributed by atoms with Gasteiger partial charge in [0.15, 0.2) is 14.9 Å². The fraction of sp³-hybridized carbons (Fsp3) is 0.167. The van der Waals surface area contributed by atoms with E-state index in [-0.39, 0.29) is 15.9 Å². The molecule has 0 saturated carbocycles. The van der Waals surface area contributed by atoms with Crippen LogP contribution in [0.1, 0.15) is 22.9 Å². The zero-order chi connectivity index (χ0) is 18.9. The van der Waals surface area contributed by atoms with Gasteiger partial charge in [-0.15, -0.1) is 0 Å². The fourth-order valence-corrected chi connectivity index (χ4v) is 3.37. The number of aromatic nitrogens is 2. The molecule has 1 heterocycles. The number of nitrogens with zero attached hydrogens (tertiary/aromatic N) is 1. The zero-order valence-electron chi connectivity index (χ0n) is 13.7. The highest BCUT2D eigenvalue weighted by Gasteiger charge is 2.22. The first-order valence-electron chi connectivity index (χ1n) is 7.69. The molecule has 2 aromatic carbocycles. The number of halogens is 3. The first-order chi connectivity index (χ1) is 12.2. The van der Waals surface area contributed by atoms with Gasteiger partial charge in [0, 0.05) is 18.4 Å². The summed E-state index contributed by atoms with van der Waals surface area (Å²) >= 11 is 5.90. The van der Waals surface area contributed by atoms with Gasteiger partial charge in [0.05, 0.1) is 5.02 Å². The number of nitrogens with one attached hydrogen (secondary N) is 1. The van der Waals surface area contributed by atoms with Crippen LogP contribution < -0.4 is 0 Å². The molecular weight excluding hydrogens is 382 g/mol. The average Bonchev–Trinajstić information content (AvgIpc) is 3.07. The second-order valence-corrected chi connectivity index (χ2v) is 8.32. The van der Waals surface area contributed by atoms with E-state index < -0.39 is 21.6 Å². The van der Waals surface area contributed by atoms with Gasteiger partial charge in [-0.1, -0.05) is 29.8 Å². The van der Waals surface area contributed by atoms with Crippen molar-refractivity contribution in [2.75, 3.05) is 6.26 Å². The van der Waals surface area contributed by atoms with E-state index in [1.807, 2.05) is 0 Å². The number of hydrogen-bond acceptors (Lipinski definition) is 3. The molecule has 0 spiro atoms. The smallest absolute Gasteiger partial charge is 0.194 e. The summed E-state index contributed by atoms with van der Waals surface area (Å²) in [7, 11) is -3.47. The van der Waals surface area contributed by atoms with Crippen molar-refractivity contribution in [1.82, 2.24) is 9.97 Å². The number of hydrogen-bond donors (Lipinski definition) is 1. The largest absolute Gasteiger partial charge is 0.347 e. The van der Waals surface area contributed by atoms with Crippen LogP contribution in [0.2, 0.25) is 5.02 Å². The molecule has 1 atom stereocenters. The van der Waals surface area contributed by atoms with Crippen LogP contribution >= 0.6 is 11.6 Å². The molecule has 1 unspecified atom stereocenters. The second kappa shape index (κ2) is 7.17. The van der Waals surface area contributed by atoms with Crippen LogP contribution in [0.25, 0.3) is 0 Å². The van der Waals surface area contributed by atoms with Gasteiger partial charge in [-0.05, 0) is 41.8 Å². The van der Waals surface area contributed by atoms with E-state index >= 15 is 0 Å². The van der Waals surface area contributed by atoms with E-state index in [1.165, 1.54) is 30.5 Å². The maximum absolute atomic E-state index is 13.5. The van der Waals surface area contributed by atoms with Crippen LogP contribution in [-0.2, 0) is 16.3 Å². The molecule has 0 amide bonds. The fourth-order valence-electron chi connectivity index (χ4n) is 2.65. The number of sulfone groups is 1. The highest BCUT2D eigenvalue weighted by molar-refractivity contribution is 7.90. The molecular formula is C18H15ClF2N2O2S.